The molecule has 142 valence electrons. The maximum Gasteiger partial charge on any atom is 0.266 e. The zero-order valence-corrected chi connectivity index (χ0v) is 16.7. The van der Waals surface area contributed by atoms with Crippen molar-refractivity contribution in [2.24, 2.45) is 0 Å². The average Bonchev–Trinajstić information content (AvgIpc) is 2.68. The molecule has 0 bridgehead atoms. The van der Waals surface area contributed by atoms with Crippen LogP contribution in [0, 0.1) is 0 Å². The Morgan fingerprint density at radius 3 is 2.59 bits per heavy atom. The predicted molar refractivity (Wildman–Crippen MR) is 113 cm³/mol. The SMILES string of the molecule is CCCCCCNC(C)c1nc2ccccc2c(=O)n1-c1ccccc1Cl. The van der Waals surface area contributed by atoms with Gasteiger partial charge in [0.2, 0.25) is 0 Å². The molecule has 1 atom stereocenters. The first-order valence-corrected chi connectivity index (χ1v) is 10.0. The van der Waals surface area contributed by atoms with E-state index in [0.717, 1.165) is 13.0 Å². The second kappa shape index (κ2) is 9.16. The van der Waals surface area contributed by atoms with Crippen molar-refractivity contribution >= 4 is 22.5 Å². The van der Waals surface area contributed by atoms with Gasteiger partial charge in [-0.25, -0.2) is 4.98 Å². The molecule has 0 radical (unpaired) electrons. The van der Waals surface area contributed by atoms with Gasteiger partial charge < -0.3 is 5.32 Å². The zero-order valence-electron chi connectivity index (χ0n) is 15.9. The molecule has 1 heterocycles. The van der Waals surface area contributed by atoms with E-state index in [2.05, 4.69) is 12.2 Å². The zero-order chi connectivity index (χ0) is 19.2. The second-order valence-corrected chi connectivity index (χ2v) is 7.22. The van der Waals surface area contributed by atoms with Gasteiger partial charge in [0, 0.05) is 0 Å². The lowest BCUT2D eigenvalue weighted by Gasteiger charge is -2.20. The highest BCUT2D eigenvalue weighted by molar-refractivity contribution is 6.32. The highest BCUT2D eigenvalue weighted by Gasteiger charge is 2.18. The maximum absolute atomic E-state index is 13.3. The lowest BCUT2D eigenvalue weighted by molar-refractivity contribution is 0.509. The Balaban J connectivity index is 2.03. The van der Waals surface area contributed by atoms with Gasteiger partial charge >= 0.3 is 0 Å². The molecule has 1 N–H and O–H groups in total. The number of unbranched alkanes of at least 4 members (excludes halogenated alkanes) is 3. The predicted octanol–water partition coefficient (Wildman–Crippen LogP) is 5.27. The van der Waals surface area contributed by atoms with Crippen molar-refractivity contribution < 1.29 is 0 Å². The molecular weight excluding hydrogens is 358 g/mol. The third kappa shape index (κ3) is 4.40. The molecule has 0 aliphatic heterocycles. The van der Waals surface area contributed by atoms with Crippen molar-refractivity contribution in [3.8, 4) is 5.69 Å². The molecule has 0 spiro atoms. The van der Waals surface area contributed by atoms with E-state index in [1.165, 1.54) is 19.3 Å². The first-order chi connectivity index (χ1) is 13.1. The van der Waals surface area contributed by atoms with Gasteiger partial charge in [0.15, 0.2) is 0 Å². The van der Waals surface area contributed by atoms with Crippen LogP contribution < -0.4 is 10.9 Å². The van der Waals surface area contributed by atoms with E-state index in [9.17, 15) is 4.79 Å². The molecule has 0 fully saturated rings. The summed E-state index contributed by atoms with van der Waals surface area (Å²) in [5.74, 6) is 0.683. The number of fused-ring (bicyclic) bond motifs is 1. The molecule has 5 heteroatoms. The van der Waals surface area contributed by atoms with E-state index in [-0.39, 0.29) is 11.6 Å². The number of halogens is 1. The van der Waals surface area contributed by atoms with Gasteiger partial charge in [0.25, 0.3) is 5.56 Å². The number of benzene rings is 2. The number of rotatable bonds is 8. The van der Waals surface area contributed by atoms with E-state index in [4.69, 9.17) is 16.6 Å². The highest BCUT2D eigenvalue weighted by Crippen LogP contribution is 2.23. The van der Waals surface area contributed by atoms with Crippen LogP contribution in [0.4, 0.5) is 0 Å². The van der Waals surface area contributed by atoms with Gasteiger partial charge in [-0.3, -0.25) is 9.36 Å². The van der Waals surface area contributed by atoms with E-state index in [1.807, 2.05) is 49.4 Å². The summed E-state index contributed by atoms with van der Waals surface area (Å²) in [7, 11) is 0. The summed E-state index contributed by atoms with van der Waals surface area (Å²) < 4.78 is 1.65. The molecule has 0 amide bonds. The fourth-order valence-corrected chi connectivity index (χ4v) is 3.49. The molecule has 2 aromatic carbocycles. The third-order valence-electron chi connectivity index (χ3n) is 4.76. The lowest BCUT2D eigenvalue weighted by atomic mass is 10.2. The Morgan fingerprint density at radius 2 is 1.81 bits per heavy atom. The summed E-state index contributed by atoms with van der Waals surface area (Å²) in [6.45, 7) is 5.15. The van der Waals surface area contributed by atoms with Crippen LogP contribution in [-0.4, -0.2) is 16.1 Å². The Labute approximate surface area is 165 Å². The van der Waals surface area contributed by atoms with Crippen LogP contribution in [0.1, 0.15) is 51.4 Å². The van der Waals surface area contributed by atoms with Crippen LogP contribution in [0.15, 0.2) is 53.3 Å². The molecule has 27 heavy (non-hydrogen) atoms. The number of aromatic nitrogens is 2. The van der Waals surface area contributed by atoms with E-state index < -0.39 is 0 Å². The van der Waals surface area contributed by atoms with Crippen molar-refractivity contribution in [3.05, 3.63) is 69.7 Å². The van der Waals surface area contributed by atoms with E-state index in [1.54, 1.807) is 10.6 Å². The average molecular weight is 384 g/mol. The summed E-state index contributed by atoms with van der Waals surface area (Å²) in [5, 5.41) is 4.64. The Kier molecular flexibility index (Phi) is 6.64. The van der Waals surface area contributed by atoms with Crippen LogP contribution in [0.2, 0.25) is 5.02 Å². The van der Waals surface area contributed by atoms with Gasteiger partial charge in [-0.15, -0.1) is 0 Å². The van der Waals surface area contributed by atoms with Gasteiger partial charge in [-0.1, -0.05) is 62.1 Å². The van der Waals surface area contributed by atoms with Crippen molar-refractivity contribution in [2.75, 3.05) is 6.54 Å². The molecule has 0 saturated carbocycles. The van der Waals surface area contributed by atoms with Crippen molar-refractivity contribution in [3.63, 3.8) is 0 Å². The third-order valence-corrected chi connectivity index (χ3v) is 5.08. The number of hydrogen-bond donors (Lipinski definition) is 1. The summed E-state index contributed by atoms with van der Waals surface area (Å²) in [4.78, 5) is 18.1. The number of nitrogens with zero attached hydrogens (tertiary/aromatic N) is 2. The van der Waals surface area contributed by atoms with E-state index >= 15 is 0 Å². The minimum Gasteiger partial charge on any atom is -0.308 e. The summed E-state index contributed by atoms with van der Waals surface area (Å²) in [6, 6.07) is 14.8. The molecule has 1 aromatic heterocycles. The highest BCUT2D eigenvalue weighted by atomic mass is 35.5. The van der Waals surface area contributed by atoms with Crippen LogP contribution in [0.25, 0.3) is 16.6 Å². The summed E-state index contributed by atoms with van der Waals surface area (Å²) in [6.07, 6.45) is 4.78. The fraction of sp³-hybridized carbons (Fsp3) is 0.364. The van der Waals surface area contributed by atoms with E-state index in [0.29, 0.717) is 27.4 Å². The molecule has 3 aromatic rings. The second-order valence-electron chi connectivity index (χ2n) is 6.82. The Morgan fingerprint density at radius 1 is 1.07 bits per heavy atom. The first kappa shape index (κ1) is 19.6. The molecule has 1 unspecified atom stereocenters. The van der Waals surface area contributed by atoms with Crippen LogP contribution in [0.5, 0.6) is 0 Å². The lowest BCUT2D eigenvalue weighted by Crippen LogP contribution is -2.30. The molecule has 0 aliphatic rings. The van der Waals surface area contributed by atoms with Crippen molar-refractivity contribution in [1.82, 2.24) is 14.9 Å². The Bertz CT molecular complexity index is 967. The molecular formula is C22H26ClN3O. The molecule has 0 saturated heterocycles. The molecule has 4 nitrogen and oxygen atoms in total. The van der Waals surface area contributed by atoms with Crippen molar-refractivity contribution in [1.29, 1.82) is 0 Å². The molecule has 0 aliphatic carbocycles. The minimum absolute atomic E-state index is 0.0693. The molecule has 3 rings (SSSR count). The quantitative estimate of drug-likeness (QED) is 0.539. The summed E-state index contributed by atoms with van der Waals surface area (Å²) >= 11 is 6.41. The van der Waals surface area contributed by atoms with Crippen LogP contribution >= 0.6 is 11.6 Å². The van der Waals surface area contributed by atoms with Crippen molar-refractivity contribution in [2.45, 2.75) is 45.6 Å². The van der Waals surface area contributed by atoms with Gasteiger partial charge in [0.05, 0.1) is 27.7 Å². The normalized spacial score (nSPS) is 12.4. The smallest absolute Gasteiger partial charge is 0.266 e. The largest absolute Gasteiger partial charge is 0.308 e. The van der Waals surface area contributed by atoms with Gasteiger partial charge in [-0.2, -0.15) is 0 Å². The standard InChI is InChI=1S/C22H26ClN3O/c1-3-4-5-10-15-24-16(2)21-25-19-13-8-6-11-17(19)22(27)26(21)20-14-9-7-12-18(20)23/h6-9,11-14,16,24H,3-5,10,15H2,1-2H3. The minimum atomic E-state index is -0.0941. The Hall–Kier alpha value is -2.17. The maximum atomic E-state index is 13.3. The summed E-state index contributed by atoms with van der Waals surface area (Å²) in [5.41, 5.74) is 1.28. The number of hydrogen-bond acceptors (Lipinski definition) is 3. The van der Waals surface area contributed by atoms with Gasteiger partial charge in [-0.05, 0) is 44.2 Å². The monoisotopic (exact) mass is 383 g/mol. The fourth-order valence-electron chi connectivity index (χ4n) is 3.27. The number of para-hydroxylation sites is 2. The first-order valence-electron chi connectivity index (χ1n) is 9.63. The van der Waals surface area contributed by atoms with Gasteiger partial charge in [0.1, 0.15) is 5.82 Å². The van der Waals surface area contributed by atoms with Crippen LogP contribution in [-0.2, 0) is 0 Å². The number of nitrogens with one attached hydrogen (secondary N) is 1. The topological polar surface area (TPSA) is 46.9 Å². The van der Waals surface area contributed by atoms with Crippen LogP contribution in [0.3, 0.4) is 0 Å².